The van der Waals surface area contributed by atoms with Crippen LogP contribution < -0.4 is 5.32 Å². The first-order valence-electron chi connectivity index (χ1n) is 12.3. The number of hydrogen-bond acceptors (Lipinski definition) is 6. The van der Waals surface area contributed by atoms with Crippen molar-refractivity contribution in [2.75, 3.05) is 38.1 Å². The van der Waals surface area contributed by atoms with Crippen molar-refractivity contribution in [1.82, 2.24) is 8.61 Å². The van der Waals surface area contributed by atoms with Gasteiger partial charge in [-0.1, -0.05) is 31.0 Å². The van der Waals surface area contributed by atoms with Gasteiger partial charge in [0.15, 0.2) is 0 Å². The van der Waals surface area contributed by atoms with Gasteiger partial charge in [-0.2, -0.15) is 8.61 Å². The smallest absolute Gasteiger partial charge is 0.243 e. The van der Waals surface area contributed by atoms with Crippen molar-refractivity contribution < 1.29 is 26.4 Å². The number of nitrogens with one attached hydrogen (secondary N) is 1. The maximum atomic E-state index is 13.5. The predicted molar refractivity (Wildman–Crippen MR) is 136 cm³/mol. The van der Waals surface area contributed by atoms with Crippen LogP contribution in [0.2, 0.25) is 0 Å². The molecule has 2 aliphatic heterocycles. The van der Waals surface area contributed by atoms with Crippen molar-refractivity contribution in [3.8, 4) is 0 Å². The van der Waals surface area contributed by atoms with Crippen molar-refractivity contribution in [2.45, 2.75) is 54.4 Å². The maximum Gasteiger partial charge on any atom is 0.243 e. The highest BCUT2D eigenvalue weighted by atomic mass is 32.2. The van der Waals surface area contributed by atoms with Crippen LogP contribution in [0.4, 0.5) is 5.69 Å². The Morgan fingerprint density at radius 2 is 1.53 bits per heavy atom. The van der Waals surface area contributed by atoms with E-state index >= 15 is 0 Å². The molecule has 0 saturated carbocycles. The number of benzene rings is 2. The summed E-state index contributed by atoms with van der Waals surface area (Å²) in [7, 11) is -7.78. The molecule has 1 unspecified atom stereocenters. The lowest BCUT2D eigenvalue weighted by Crippen LogP contribution is -2.42. The van der Waals surface area contributed by atoms with E-state index in [1.165, 1.54) is 28.6 Å². The molecule has 0 aromatic heterocycles. The van der Waals surface area contributed by atoms with Gasteiger partial charge in [0.05, 0.1) is 22.4 Å². The minimum Gasteiger partial charge on any atom is -0.377 e. The number of sulfonamides is 2. The first-order valence-corrected chi connectivity index (χ1v) is 15.2. The fraction of sp³-hybridized carbons (Fsp3) is 0.480. The van der Waals surface area contributed by atoms with E-state index < -0.39 is 26.0 Å². The standard InChI is InChI=1S/C25H33N3O6S2/c29-25(26-21-9-4-3-5-10-21)20-28(19-22-11-8-18-34-22)36(32,33)24-14-12-23(13-15-24)35(30,31)27-16-6-1-2-7-17-27/h3-5,9-10,12-15,22H,1-2,6-8,11,16-20H2,(H,26,29). The van der Waals surface area contributed by atoms with Crippen molar-refractivity contribution in [3.63, 3.8) is 0 Å². The number of nitrogens with zero attached hydrogens (tertiary/aromatic N) is 2. The summed E-state index contributed by atoms with van der Waals surface area (Å²) in [5.41, 5.74) is 0.569. The van der Waals surface area contributed by atoms with Crippen LogP contribution in [-0.4, -0.2) is 70.2 Å². The molecule has 2 aliphatic rings. The minimum absolute atomic E-state index is 0.0401. The Labute approximate surface area is 213 Å². The molecule has 0 spiro atoms. The molecule has 2 fully saturated rings. The summed E-state index contributed by atoms with van der Waals surface area (Å²) >= 11 is 0. The summed E-state index contributed by atoms with van der Waals surface area (Å²) in [6, 6.07) is 14.1. The molecular weight excluding hydrogens is 502 g/mol. The quantitative estimate of drug-likeness (QED) is 0.528. The molecule has 36 heavy (non-hydrogen) atoms. The topological polar surface area (TPSA) is 113 Å². The maximum absolute atomic E-state index is 13.5. The third-order valence-corrected chi connectivity index (χ3v) is 10.2. The fourth-order valence-electron chi connectivity index (χ4n) is 4.51. The molecule has 0 radical (unpaired) electrons. The molecule has 2 aromatic rings. The van der Waals surface area contributed by atoms with E-state index in [-0.39, 0.29) is 29.0 Å². The van der Waals surface area contributed by atoms with Crippen molar-refractivity contribution in [3.05, 3.63) is 54.6 Å². The molecule has 0 bridgehead atoms. The number of anilines is 1. The van der Waals surface area contributed by atoms with E-state index in [9.17, 15) is 21.6 Å². The van der Waals surface area contributed by atoms with E-state index in [2.05, 4.69) is 5.32 Å². The van der Waals surface area contributed by atoms with Gasteiger partial charge in [-0.05, 0) is 62.1 Å². The van der Waals surface area contributed by atoms with Gasteiger partial charge < -0.3 is 10.1 Å². The summed E-state index contributed by atoms with van der Waals surface area (Å²) in [5.74, 6) is -0.469. The first-order chi connectivity index (χ1) is 17.3. The van der Waals surface area contributed by atoms with Gasteiger partial charge in [-0.15, -0.1) is 0 Å². The zero-order chi connectivity index (χ0) is 25.6. The highest BCUT2D eigenvalue weighted by molar-refractivity contribution is 7.89. The molecule has 1 atom stereocenters. The molecule has 1 N–H and O–H groups in total. The number of hydrogen-bond donors (Lipinski definition) is 1. The Bertz CT molecular complexity index is 1220. The highest BCUT2D eigenvalue weighted by Crippen LogP contribution is 2.24. The average molecular weight is 536 g/mol. The number of ether oxygens (including phenoxy) is 1. The monoisotopic (exact) mass is 535 g/mol. The third kappa shape index (κ3) is 6.51. The van der Waals surface area contributed by atoms with Crippen LogP contribution >= 0.6 is 0 Å². The van der Waals surface area contributed by atoms with Crippen LogP contribution in [0.5, 0.6) is 0 Å². The number of amides is 1. The summed E-state index contributed by atoms with van der Waals surface area (Å²) in [6.45, 7) is 1.14. The number of carbonyl (C=O) groups is 1. The zero-order valence-electron chi connectivity index (χ0n) is 20.2. The number of para-hydroxylation sites is 1. The minimum atomic E-state index is -4.08. The normalized spacial score (nSPS) is 19.8. The lowest BCUT2D eigenvalue weighted by Gasteiger charge is -2.25. The first kappa shape index (κ1) is 26.7. The SMILES string of the molecule is O=C(CN(CC1CCCO1)S(=O)(=O)c1ccc(S(=O)(=O)N2CCCCCC2)cc1)Nc1ccccc1. The zero-order valence-corrected chi connectivity index (χ0v) is 21.8. The molecule has 196 valence electrons. The second-order valence-corrected chi connectivity index (χ2v) is 13.0. The van der Waals surface area contributed by atoms with E-state index in [4.69, 9.17) is 4.74 Å². The summed E-state index contributed by atoms with van der Waals surface area (Å²) in [6.07, 6.45) is 4.87. The summed E-state index contributed by atoms with van der Waals surface area (Å²) in [4.78, 5) is 12.7. The molecular formula is C25H33N3O6S2. The lowest BCUT2D eigenvalue weighted by atomic mass is 10.2. The van der Waals surface area contributed by atoms with Crippen LogP contribution in [0.1, 0.15) is 38.5 Å². The van der Waals surface area contributed by atoms with Gasteiger partial charge in [-0.3, -0.25) is 4.79 Å². The molecule has 2 heterocycles. The highest BCUT2D eigenvalue weighted by Gasteiger charge is 2.32. The Hall–Kier alpha value is -2.31. The van der Waals surface area contributed by atoms with Crippen LogP contribution in [0.15, 0.2) is 64.4 Å². The van der Waals surface area contributed by atoms with Gasteiger partial charge in [-0.25, -0.2) is 16.8 Å². The van der Waals surface area contributed by atoms with E-state index in [0.29, 0.717) is 31.8 Å². The Morgan fingerprint density at radius 1 is 0.889 bits per heavy atom. The van der Waals surface area contributed by atoms with Crippen LogP contribution in [-0.2, 0) is 29.6 Å². The fourth-order valence-corrected chi connectivity index (χ4v) is 7.45. The van der Waals surface area contributed by atoms with Gasteiger partial charge in [0, 0.05) is 31.9 Å². The molecule has 1 amide bonds. The number of carbonyl (C=O) groups excluding carboxylic acids is 1. The third-order valence-electron chi connectivity index (χ3n) is 6.47. The second-order valence-electron chi connectivity index (χ2n) is 9.14. The van der Waals surface area contributed by atoms with E-state index in [0.717, 1.165) is 36.4 Å². The Kier molecular flexibility index (Phi) is 8.78. The average Bonchev–Trinajstić information content (AvgIpc) is 3.22. The van der Waals surface area contributed by atoms with Crippen molar-refractivity contribution in [2.24, 2.45) is 0 Å². The molecule has 2 aromatic carbocycles. The van der Waals surface area contributed by atoms with E-state index in [1.54, 1.807) is 24.3 Å². The van der Waals surface area contributed by atoms with Crippen molar-refractivity contribution in [1.29, 1.82) is 0 Å². The Morgan fingerprint density at radius 3 is 2.14 bits per heavy atom. The summed E-state index contributed by atoms with van der Waals surface area (Å²) in [5, 5.41) is 2.72. The van der Waals surface area contributed by atoms with Gasteiger partial charge in [0.1, 0.15) is 0 Å². The van der Waals surface area contributed by atoms with Crippen LogP contribution in [0.3, 0.4) is 0 Å². The molecule has 0 aliphatic carbocycles. The van der Waals surface area contributed by atoms with Gasteiger partial charge in [0.2, 0.25) is 26.0 Å². The lowest BCUT2D eigenvalue weighted by molar-refractivity contribution is -0.116. The van der Waals surface area contributed by atoms with Crippen LogP contribution in [0, 0.1) is 0 Å². The predicted octanol–water partition coefficient (Wildman–Crippen LogP) is 3.06. The van der Waals surface area contributed by atoms with Crippen molar-refractivity contribution >= 4 is 31.6 Å². The number of rotatable bonds is 9. The molecule has 9 nitrogen and oxygen atoms in total. The van der Waals surface area contributed by atoms with Gasteiger partial charge >= 0.3 is 0 Å². The summed E-state index contributed by atoms with van der Waals surface area (Å²) < 4.78 is 61.5. The largest absolute Gasteiger partial charge is 0.377 e. The van der Waals surface area contributed by atoms with Gasteiger partial charge in [0.25, 0.3) is 0 Å². The molecule has 4 rings (SSSR count). The van der Waals surface area contributed by atoms with E-state index in [1.807, 2.05) is 6.07 Å². The Balaban J connectivity index is 1.54. The molecule has 11 heteroatoms. The van der Waals surface area contributed by atoms with Crippen LogP contribution in [0.25, 0.3) is 0 Å². The molecule has 2 saturated heterocycles. The second kappa shape index (κ2) is 11.8.